The Labute approximate surface area is 88.8 Å². The molecule has 0 spiro atoms. The summed E-state index contributed by atoms with van der Waals surface area (Å²) in [4.78, 5) is 10.8. The summed E-state index contributed by atoms with van der Waals surface area (Å²) in [7, 11) is 0. The molecule has 0 amide bonds. The first-order valence-electron chi connectivity index (χ1n) is 3.18. The van der Waals surface area contributed by atoms with Crippen molar-refractivity contribution in [2.24, 2.45) is 0 Å². The molecule has 0 N–H and O–H groups in total. The number of halogens is 3. The van der Waals surface area contributed by atoms with Crippen LogP contribution in [0.25, 0.3) is 0 Å². The Morgan fingerprint density at radius 1 is 1.50 bits per heavy atom. The van der Waals surface area contributed by atoms with E-state index >= 15 is 0 Å². The van der Waals surface area contributed by atoms with E-state index in [0.717, 1.165) is 10.0 Å². The molecule has 0 radical (unpaired) electrons. The van der Waals surface area contributed by atoms with Crippen LogP contribution in [-0.2, 0) is 0 Å². The van der Waals surface area contributed by atoms with E-state index in [1.807, 2.05) is 6.92 Å². The minimum atomic E-state index is -0.532. The van der Waals surface area contributed by atoms with Crippen molar-refractivity contribution in [1.82, 2.24) is 0 Å². The molecular weight excluding hydrogens is 263 g/mol. The molecule has 64 valence electrons. The van der Waals surface area contributed by atoms with Crippen molar-refractivity contribution < 1.29 is 4.79 Å². The molecule has 1 aromatic rings. The van der Waals surface area contributed by atoms with Crippen LogP contribution in [0.1, 0.15) is 15.9 Å². The molecule has 1 nitrogen and oxygen atoms in total. The van der Waals surface area contributed by atoms with Crippen LogP contribution in [0.2, 0.25) is 5.02 Å². The molecular formula is C8H5BrCl2O. The van der Waals surface area contributed by atoms with Gasteiger partial charge in [0.1, 0.15) is 0 Å². The van der Waals surface area contributed by atoms with Crippen LogP contribution in [0.5, 0.6) is 0 Å². The first kappa shape index (κ1) is 10.0. The topological polar surface area (TPSA) is 17.1 Å². The van der Waals surface area contributed by atoms with E-state index in [0.29, 0.717) is 10.6 Å². The number of hydrogen-bond donors (Lipinski definition) is 0. The fraction of sp³-hybridized carbons (Fsp3) is 0.125. The summed E-state index contributed by atoms with van der Waals surface area (Å²) in [5.41, 5.74) is 1.17. The van der Waals surface area contributed by atoms with Gasteiger partial charge in [0.15, 0.2) is 0 Å². The van der Waals surface area contributed by atoms with Crippen molar-refractivity contribution in [3.05, 3.63) is 32.8 Å². The normalized spacial score (nSPS) is 10.0. The molecule has 0 atom stereocenters. The van der Waals surface area contributed by atoms with Gasteiger partial charge in [0.25, 0.3) is 5.24 Å². The van der Waals surface area contributed by atoms with Crippen molar-refractivity contribution in [3.8, 4) is 0 Å². The first-order valence-corrected chi connectivity index (χ1v) is 4.73. The monoisotopic (exact) mass is 266 g/mol. The largest absolute Gasteiger partial charge is 0.276 e. The van der Waals surface area contributed by atoms with Gasteiger partial charge >= 0.3 is 0 Å². The molecule has 0 aliphatic rings. The SMILES string of the molecule is Cc1c(Br)ccc(C(=O)Cl)c1Cl. The number of hydrogen-bond acceptors (Lipinski definition) is 1. The maximum absolute atomic E-state index is 10.8. The van der Waals surface area contributed by atoms with Gasteiger partial charge in [-0.1, -0.05) is 27.5 Å². The highest BCUT2D eigenvalue weighted by Crippen LogP contribution is 2.28. The third-order valence-corrected chi connectivity index (χ3v) is 3.08. The average Bonchev–Trinajstić information content (AvgIpc) is 2.00. The third-order valence-electron chi connectivity index (χ3n) is 1.53. The van der Waals surface area contributed by atoms with Gasteiger partial charge < -0.3 is 0 Å². The summed E-state index contributed by atoms with van der Waals surface area (Å²) in [6, 6.07) is 3.34. The highest BCUT2D eigenvalue weighted by atomic mass is 79.9. The zero-order valence-corrected chi connectivity index (χ0v) is 9.29. The van der Waals surface area contributed by atoms with Crippen LogP contribution in [-0.4, -0.2) is 5.24 Å². The summed E-state index contributed by atoms with van der Waals surface area (Å²) in [5, 5.41) is -0.125. The number of carbonyl (C=O) groups is 1. The fourth-order valence-corrected chi connectivity index (χ4v) is 1.71. The Morgan fingerprint density at radius 3 is 2.58 bits per heavy atom. The van der Waals surface area contributed by atoms with Crippen molar-refractivity contribution >= 4 is 44.4 Å². The quantitative estimate of drug-likeness (QED) is 0.708. The van der Waals surface area contributed by atoms with Gasteiger partial charge in [-0.2, -0.15) is 0 Å². The lowest BCUT2D eigenvalue weighted by Crippen LogP contribution is -1.92. The summed E-state index contributed by atoms with van der Waals surface area (Å²) in [6.45, 7) is 1.82. The number of benzene rings is 1. The molecule has 4 heteroatoms. The maximum Gasteiger partial charge on any atom is 0.253 e. The van der Waals surface area contributed by atoms with Crippen molar-refractivity contribution in [2.75, 3.05) is 0 Å². The second kappa shape index (κ2) is 3.77. The van der Waals surface area contributed by atoms with Crippen LogP contribution in [0.15, 0.2) is 16.6 Å². The minimum Gasteiger partial charge on any atom is -0.276 e. The number of carbonyl (C=O) groups excluding carboxylic acids is 1. The van der Waals surface area contributed by atoms with E-state index < -0.39 is 5.24 Å². The second-order valence-corrected chi connectivity index (χ2v) is 3.88. The molecule has 1 rings (SSSR count). The van der Waals surface area contributed by atoms with E-state index in [1.54, 1.807) is 12.1 Å². The molecule has 0 saturated heterocycles. The molecule has 0 aromatic heterocycles. The van der Waals surface area contributed by atoms with Gasteiger partial charge in [0.05, 0.1) is 10.6 Å². The van der Waals surface area contributed by atoms with E-state index in [-0.39, 0.29) is 0 Å². The van der Waals surface area contributed by atoms with Crippen LogP contribution in [0.4, 0.5) is 0 Å². The lowest BCUT2D eigenvalue weighted by atomic mass is 10.1. The van der Waals surface area contributed by atoms with Crippen molar-refractivity contribution in [1.29, 1.82) is 0 Å². The Morgan fingerprint density at radius 2 is 2.08 bits per heavy atom. The van der Waals surface area contributed by atoms with Crippen LogP contribution >= 0.6 is 39.1 Å². The van der Waals surface area contributed by atoms with Crippen LogP contribution in [0.3, 0.4) is 0 Å². The zero-order valence-electron chi connectivity index (χ0n) is 6.20. The maximum atomic E-state index is 10.8. The highest BCUT2D eigenvalue weighted by Gasteiger charge is 2.10. The average molecular weight is 268 g/mol. The fourth-order valence-electron chi connectivity index (χ4n) is 0.813. The molecule has 0 fully saturated rings. The predicted octanol–water partition coefficient (Wildman–Crippen LogP) is 3.79. The highest BCUT2D eigenvalue weighted by molar-refractivity contribution is 9.10. The minimum absolute atomic E-state index is 0.346. The molecule has 0 aliphatic heterocycles. The van der Waals surface area contributed by atoms with Gasteiger partial charge in [-0.25, -0.2) is 0 Å². The molecule has 0 bridgehead atoms. The number of rotatable bonds is 1. The Bertz CT molecular complexity index is 336. The van der Waals surface area contributed by atoms with Crippen molar-refractivity contribution in [2.45, 2.75) is 6.92 Å². The van der Waals surface area contributed by atoms with E-state index in [4.69, 9.17) is 23.2 Å². The lowest BCUT2D eigenvalue weighted by Gasteiger charge is -2.03. The predicted molar refractivity (Wildman–Crippen MR) is 54.1 cm³/mol. The molecule has 0 saturated carbocycles. The van der Waals surface area contributed by atoms with Crippen molar-refractivity contribution in [3.63, 3.8) is 0 Å². The van der Waals surface area contributed by atoms with E-state index in [2.05, 4.69) is 15.9 Å². The standard InChI is InChI=1S/C8H5BrCl2O/c1-4-6(9)3-2-5(7(4)10)8(11)12/h2-3H,1H3. The van der Waals surface area contributed by atoms with Crippen LogP contribution < -0.4 is 0 Å². The Kier molecular flexibility index (Phi) is 3.16. The first-order chi connectivity index (χ1) is 5.54. The van der Waals surface area contributed by atoms with E-state index in [1.165, 1.54) is 0 Å². The third kappa shape index (κ3) is 1.82. The van der Waals surface area contributed by atoms with Gasteiger partial charge in [0.2, 0.25) is 0 Å². The Hall–Kier alpha value is -0.0500. The molecule has 1 aromatic carbocycles. The molecule has 0 aliphatic carbocycles. The zero-order chi connectivity index (χ0) is 9.30. The molecule has 0 unspecified atom stereocenters. The summed E-state index contributed by atoms with van der Waals surface area (Å²) in [5.74, 6) is 0. The smallest absolute Gasteiger partial charge is 0.253 e. The summed E-state index contributed by atoms with van der Waals surface area (Å²) < 4.78 is 0.870. The van der Waals surface area contributed by atoms with Gasteiger partial charge in [-0.3, -0.25) is 4.79 Å². The van der Waals surface area contributed by atoms with Gasteiger partial charge in [-0.05, 0) is 36.2 Å². The van der Waals surface area contributed by atoms with Crippen LogP contribution in [0, 0.1) is 6.92 Å². The summed E-state index contributed by atoms with van der Waals surface area (Å²) >= 11 is 14.4. The van der Waals surface area contributed by atoms with Gasteiger partial charge in [-0.15, -0.1) is 0 Å². The van der Waals surface area contributed by atoms with Gasteiger partial charge in [0, 0.05) is 4.47 Å². The molecule has 12 heavy (non-hydrogen) atoms. The molecule has 0 heterocycles. The second-order valence-electron chi connectivity index (χ2n) is 2.31. The Balaban J connectivity index is 3.36. The van der Waals surface area contributed by atoms with E-state index in [9.17, 15) is 4.79 Å². The summed E-state index contributed by atoms with van der Waals surface area (Å²) in [6.07, 6.45) is 0. The lowest BCUT2D eigenvalue weighted by molar-refractivity contribution is 0.108.